The van der Waals surface area contributed by atoms with Gasteiger partial charge in [-0.05, 0) is 75.4 Å². The highest BCUT2D eigenvalue weighted by atomic mass is 79.9. The van der Waals surface area contributed by atoms with Crippen LogP contribution in [0.1, 0.15) is 57.3 Å². The standard InChI is InChI=1S/C47H57BrN4O7/c1-7-11-22-38(54)49(6)31(5)41(33-20-16-13-17-21-33)58-46(57)39-40-44(55)52(36(30-53)28-32-18-14-12-15-19-32)43(47(40)29-37(48)42(39)59-47)45(56)51(27-8-2)35-25-23-34(24-26-35)50(9-3)10-4/h7-8,12-21,23-26,31,36-37,39-43,53H,1-2,9-11,22,27-30H2,3-6H3/t31-,36+,37?,39-,40+,41+,42-,43-,47+/m0/s1. The van der Waals surface area contributed by atoms with Gasteiger partial charge < -0.3 is 34.2 Å². The van der Waals surface area contributed by atoms with Crippen LogP contribution in [0.5, 0.6) is 0 Å². The fourth-order valence-corrected chi connectivity index (χ4v) is 10.2. The average Bonchev–Trinajstić information content (AvgIpc) is 3.86. The van der Waals surface area contributed by atoms with Gasteiger partial charge in [0.25, 0.3) is 5.91 Å². The fourth-order valence-electron chi connectivity index (χ4n) is 9.30. The molecule has 3 amide bonds. The second-order valence-electron chi connectivity index (χ2n) is 15.7. The number of halogens is 1. The largest absolute Gasteiger partial charge is 0.455 e. The molecule has 0 radical (unpaired) electrons. The minimum absolute atomic E-state index is 0.125. The van der Waals surface area contributed by atoms with E-state index in [0.717, 1.165) is 24.3 Å². The van der Waals surface area contributed by atoms with Crippen molar-refractivity contribution in [2.45, 2.75) is 87.2 Å². The van der Waals surface area contributed by atoms with Crippen molar-refractivity contribution in [2.75, 3.05) is 43.1 Å². The van der Waals surface area contributed by atoms with E-state index >= 15 is 9.59 Å². The van der Waals surface area contributed by atoms with Crippen molar-refractivity contribution in [3.63, 3.8) is 0 Å². The van der Waals surface area contributed by atoms with Crippen LogP contribution in [0.15, 0.2) is 110 Å². The summed E-state index contributed by atoms with van der Waals surface area (Å²) in [6.07, 6.45) is 2.98. The Morgan fingerprint density at radius 3 is 2.20 bits per heavy atom. The van der Waals surface area contributed by atoms with E-state index < -0.39 is 77.0 Å². The molecule has 3 fully saturated rings. The van der Waals surface area contributed by atoms with E-state index in [1.807, 2.05) is 91.9 Å². The lowest BCUT2D eigenvalue weighted by Crippen LogP contribution is -2.59. The van der Waals surface area contributed by atoms with Crippen LogP contribution >= 0.6 is 15.9 Å². The third kappa shape index (κ3) is 8.49. The summed E-state index contributed by atoms with van der Waals surface area (Å²) in [6.45, 7) is 15.1. The molecular weight excluding hydrogens is 812 g/mol. The number of hydrogen-bond acceptors (Lipinski definition) is 8. The highest BCUT2D eigenvalue weighted by Gasteiger charge is 2.77. The highest BCUT2D eigenvalue weighted by molar-refractivity contribution is 9.09. The zero-order chi connectivity index (χ0) is 42.4. The van der Waals surface area contributed by atoms with Crippen LogP contribution in [0, 0.1) is 11.8 Å². The maximum Gasteiger partial charge on any atom is 0.313 e. The first kappa shape index (κ1) is 43.8. The van der Waals surface area contributed by atoms with Gasteiger partial charge in [0.15, 0.2) is 0 Å². The molecule has 6 rings (SSSR count). The van der Waals surface area contributed by atoms with Crippen molar-refractivity contribution in [2.24, 2.45) is 11.8 Å². The first-order chi connectivity index (χ1) is 28.5. The zero-order valence-corrected chi connectivity index (χ0v) is 36.1. The number of fused-ring (bicyclic) bond motifs is 1. The van der Waals surface area contributed by atoms with E-state index in [0.29, 0.717) is 17.7 Å². The monoisotopic (exact) mass is 868 g/mol. The van der Waals surface area contributed by atoms with Crippen LogP contribution < -0.4 is 9.80 Å². The van der Waals surface area contributed by atoms with Crippen LogP contribution in [-0.4, -0.2) is 107 Å². The van der Waals surface area contributed by atoms with Crippen LogP contribution in [0.3, 0.4) is 0 Å². The number of rotatable bonds is 19. The Labute approximate surface area is 356 Å². The van der Waals surface area contributed by atoms with Crippen molar-refractivity contribution < 1.29 is 33.8 Å². The lowest BCUT2D eigenvalue weighted by Gasteiger charge is -2.39. The topological polar surface area (TPSA) is 120 Å². The van der Waals surface area contributed by atoms with E-state index in [1.165, 1.54) is 4.90 Å². The number of aliphatic hydroxyl groups excluding tert-OH is 1. The Hall–Kier alpha value is -4.78. The van der Waals surface area contributed by atoms with Crippen molar-refractivity contribution in [3.05, 3.63) is 121 Å². The summed E-state index contributed by atoms with van der Waals surface area (Å²) < 4.78 is 13.3. The molecule has 1 spiro atoms. The number of carbonyl (C=O) groups is 4. The van der Waals surface area contributed by atoms with Gasteiger partial charge in [-0.25, -0.2) is 0 Å². The summed E-state index contributed by atoms with van der Waals surface area (Å²) in [5, 5.41) is 11.0. The number of likely N-dealkylation sites (tertiary alicyclic amines) is 1. The van der Waals surface area contributed by atoms with E-state index in [-0.39, 0.29) is 31.7 Å². The molecule has 3 aliphatic heterocycles. The van der Waals surface area contributed by atoms with E-state index in [9.17, 15) is 14.7 Å². The number of allylic oxidation sites excluding steroid dienone is 1. The number of anilines is 2. The molecule has 0 aromatic heterocycles. The van der Waals surface area contributed by atoms with Crippen LogP contribution in [0.2, 0.25) is 0 Å². The summed E-state index contributed by atoms with van der Waals surface area (Å²) in [4.78, 5) is 65.2. The third-order valence-corrected chi connectivity index (χ3v) is 13.2. The van der Waals surface area contributed by atoms with Gasteiger partial charge in [0, 0.05) is 49.3 Å². The van der Waals surface area contributed by atoms with Crippen molar-refractivity contribution in [3.8, 4) is 0 Å². The summed E-state index contributed by atoms with van der Waals surface area (Å²) >= 11 is 3.80. The summed E-state index contributed by atoms with van der Waals surface area (Å²) in [5.74, 6) is -3.79. The number of esters is 1. The number of aliphatic hydroxyl groups is 1. The van der Waals surface area contributed by atoms with Gasteiger partial charge >= 0.3 is 5.97 Å². The number of ether oxygens (including phenoxy) is 2. The number of benzene rings is 3. The number of alkyl halides is 1. The van der Waals surface area contributed by atoms with Crippen LogP contribution in [-0.2, 0) is 35.1 Å². The summed E-state index contributed by atoms with van der Waals surface area (Å²) in [6, 6.07) is 23.9. The molecule has 11 nitrogen and oxygen atoms in total. The van der Waals surface area contributed by atoms with Gasteiger partial charge in [0.1, 0.15) is 17.7 Å². The SMILES string of the molecule is C=CCCC(=O)N(C)[C@@H](C)[C@@H](OC(=O)[C@@H]1[C@H]2O[C@@]3(CC2Br)[C@H](C(=O)N(CC=C)c2ccc(N(CC)CC)cc2)N([C@@H](CO)Cc2ccccc2)C(=O)[C@@H]13)c1ccccc1. The predicted octanol–water partition coefficient (Wildman–Crippen LogP) is 6.50. The molecule has 1 N–H and O–H groups in total. The van der Waals surface area contributed by atoms with E-state index in [2.05, 4.69) is 47.8 Å². The quantitative estimate of drug-likeness (QED) is 0.0825. The third-order valence-electron chi connectivity index (χ3n) is 12.4. The Bertz CT molecular complexity index is 1960. The van der Waals surface area contributed by atoms with E-state index in [4.69, 9.17) is 9.47 Å². The first-order valence-electron chi connectivity index (χ1n) is 20.6. The lowest BCUT2D eigenvalue weighted by molar-refractivity contribution is -0.165. The van der Waals surface area contributed by atoms with Crippen molar-refractivity contribution in [1.29, 1.82) is 0 Å². The zero-order valence-electron chi connectivity index (χ0n) is 34.5. The van der Waals surface area contributed by atoms with Crippen LogP contribution in [0.4, 0.5) is 11.4 Å². The first-order valence-corrected chi connectivity index (χ1v) is 21.6. The molecule has 0 saturated carbocycles. The summed E-state index contributed by atoms with van der Waals surface area (Å²) in [5.41, 5.74) is 1.77. The van der Waals surface area contributed by atoms with Crippen molar-refractivity contribution >= 4 is 51.0 Å². The van der Waals surface area contributed by atoms with Gasteiger partial charge in [-0.1, -0.05) is 88.7 Å². The number of carbonyl (C=O) groups excluding carboxylic acids is 4. The Balaban J connectivity index is 1.41. The molecule has 9 atom stereocenters. The number of likely N-dealkylation sites (N-methyl/N-ethyl adjacent to an activating group) is 1. The molecular formula is C47H57BrN4O7. The minimum atomic E-state index is -1.42. The maximum atomic E-state index is 15.4. The molecule has 3 aromatic rings. The van der Waals surface area contributed by atoms with Crippen LogP contribution in [0.25, 0.3) is 0 Å². The molecule has 12 heteroatoms. The van der Waals surface area contributed by atoms with Gasteiger partial charge in [-0.3, -0.25) is 19.2 Å². The van der Waals surface area contributed by atoms with E-state index in [1.54, 1.807) is 29.0 Å². The lowest BCUT2D eigenvalue weighted by atomic mass is 9.70. The second-order valence-corrected chi connectivity index (χ2v) is 16.9. The molecule has 59 heavy (non-hydrogen) atoms. The van der Waals surface area contributed by atoms with Gasteiger partial charge in [-0.2, -0.15) is 0 Å². The fraction of sp³-hybridized carbons (Fsp3) is 0.447. The Kier molecular flexibility index (Phi) is 14.2. The molecule has 3 heterocycles. The number of hydrogen-bond donors (Lipinski definition) is 1. The molecule has 3 saturated heterocycles. The highest BCUT2D eigenvalue weighted by Crippen LogP contribution is 2.61. The second kappa shape index (κ2) is 19.1. The van der Waals surface area contributed by atoms with Crippen molar-refractivity contribution in [1.82, 2.24) is 9.80 Å². The normalized spacial score (nSPS) is 24.5. The van der Waals surface area contributed by atoms with Gasteiger partial charge in [-0.15, -0.1) is 13.2 Å². The Morgan fingerprint density at radius 1 is 0.983 bits per heavy atom. The molecule has 2 bridgehead atoms. The minimum Gasteiger partial charge on any atom is -0.455 e. The predicted molar refractivity (Wildman–Crippen MR) is 233 cm³/mol. The Morgan fingerprint density at radius 2 is 1.61 bits per heavy atom. The van der Waals surface area contributed by atoms with Gasteiger partial charge in [0.2, 0.25) is 11.8 Å². The number of nitrogens with zero attached hydrogens (tertiary/aromatic N) is 4. The van der Waals surface area contributed by atoms with Gasteiger partial charge in [0.05, 0.1) is 36.6 Å². The summed E-state index contributed by atoms with van der Waals surface area (Å²) in [7, 11) is 1.69. The molecule has 3 aromatic carbocycles. The smallest absolute Gasteiger partial charge is 0.313 e. The average molecular weight is 870 g/mol. The molecule has 0 aliphatic carbocycles. The molecule has 3 aliphatic rings. The maximum absolute atomic E-state index is 15.4. The molecule has 1 unspecified atom stereocenters. The molecule has 314 valence electrons. The number of amides is 3.